The van der Waals surface area contributed by atoms with Gasteiger partial charge in [-0.05, 0) is 60.0 Å². The molecule has 0 saturated carbocycles. The number of benzene rings is 2. The fourth-order valence-electron chi connectivity index (χ4n) is 3.61. The van der Waals surface area contributed by atoms with Crippen LogP contribution in [0.15, 0.2) is 59.7 Å². The molecule has 4 rings (SSSR count). The Bertz CT molecular complexity index is 1120. The van der Waals surface area contributed by atoms with Crippen molar-refractivity contribution in [3.8, 4) is 16.9 Å². The van der Waals surface area contributed by atoms with E-state index >= 15 is 0 Å². The number of methoxy groups -OCH3 is 1. The third-order valence-electron chi connectivity index (χ3n) is 5.10. The zero-order valence-electron chi connectivity index (χ0n) is 15.9. The van der Waals surface area contributed by atoms with Crippen molar-refractivity contribution in [1.82, 2.24) is 4.98 Å². The Balaban J connectivity index is 1.91. The summed E-state index contributed by atoms with van der Waals surface area (Å²) in [6.45, 7) is 2.06. The first-order chi connectivity index (χ1) is 13.9. The van der Waals surface area contributed by atoms with Crippen molar-refractivity contribution in [1.29, 1.82) is 0 Å². The molecule has 0 aliphatic carbocycles. The Morgan fingerprint density at radius 2 is 1.83 bits per heavy atom. The topological polar surface area (TPSA) is 69.7 Å². The molecular weight excluding hydrogens is 376 g/mol. The molecule has 0 bridgehead atoms. The number of pyridine rings is 1. The maximum absolute atomic E-state index is 14.6. The van der Waals surface area contributed by atoms with Crippen molar-refractivity contribution in [2.75, 3.05) is 13.7 Å². The number of halogens is 2. The minimum Gasteiger partial charge on any atom is -0.496 e. The Morgan fingerprint density at radius 3 is 2.48 bits per heavy atom. The number of nitrogens with zero attached hydrogens (tertiary/aromatic N) is 2. The minimum atomic E-state index is -0.984. The molecule has 3 aromatic rings. The molecular formula is C22H19F2N3O2. The first-order valence-electron chi connectivity index (χ1n) is 8.99. The number of hydrogen-bond acceptors (Lipinski definition) is 5. The van der Waals surface area contributed by atoms with E-state index in [0.29, 0.717) is 5.56 Å². The predicted octanol–water partition coefficient (Wildman–Crippen LogP) is 3.93. The largest absolute Gasteiger partial charge is 0.496 e. The van der Waals surface area contributed by atoms with Crippen LogP contribution in [-0.4, -0.2) is 24.7 Å². The Labute approximate surface area is 166 Å². The van der Waals surface area contributed by atoms with Crippen molar-refractivity contribution in [2.24, 2.45) is 10.7 Å². The molecule has 0 radical (unpaired) electrons. The molecule has 0 saturated heterocycles. The van der Waals surface area contributed by atoms with Gasteiger partial charge in [0.25, 0.3) is 6.02 Å². The molecule has 7 heteroatoms. The normalized spacial score (nSPS) is 18.3. The van der Waals surface area contributed by atoms with Gasteiger partial charge in [-0.15, -0.1) is 0 Å². The van der Waals surface area contributed by atoms with Crippen LogP contribution in [0.1, 0.15) is 16.7 Å². The van der Waals surface area contributed by atoms with Crippen LogP contribution >= 0.6 is 0 Å². The highest BCUT2D eigenvalue weighted by molar-refractivity contribution is 5.76. The summed E-state index contributed by atoms with van der Waals surface area (Å²) < 4.78 is 39.6. The molecule has 2 aromatic carbocycles. The number of hydrogen-bond donors (Lipinski definition) is 1. The second-order valence-corrected chi connectivity index (χ2v) is 6.82. The van der Waals surface area contributed by atoms with Gasteiger partial charge in [-0.2, -0.15) is 4.39 Å². The van der Waals surface area contributed by atoms with Crippen LogP contribution in [0.25, 0.3) is 11.1 Å². The van der Waals surface area contributed by atoms with Crippen molar-refractivity contribution in [2.45, 2.75) is 12.5 Å². The zero-order chi connectivity index (χ0) is 20.6. The number of amidine groups is 1. The second-order valence-electron chi connectivity index (χ2n) is 6.82. The van der Waals surface area contributed by atoms with Gasteiger partial charge in [0, 0.05) is 17.3 Å². The highest BCUT2D eigenvalue weighted by Gasteiger charge is 2.40. The lowest BCUT2D eigenvalue weighted by Gasteiger charge is -2.26. The summed E-state index contributed by atoms with van der Waals surface area (Å²) in [7, 11) is 1.60. The van der Waals surface area contributed by atoms with Gasteiger partial charge in [-0.25, -0.2) is 14.4 Å². The standard InChI is InChI=1S/C22H19F2N3O2/c1-13-10-14(6-8-19(13)28-2)22(12-29-21(25)27-22)15-5-7-18(23)17(11-15)16-4-3-9-26-20(16)24/h3-11H,12H2,1-2H3,(H2,25,27). The molecule has 0 fully saturated rings. The Hall–Kier alpha value is -3.48. The molecule has 5 nitrogen and oxygen atoms in total. The maximum atomic E-state index is 14.6. The van der Waals surface area contributed by atoms with Gasteiger partial charge in [0.2, 0.25) is 5.95 Å². The lowest BCUT2D eigenvalue weighted by Crippen LogP contribution is -2.27. The van der Waals surface area contributed by atoms with Gasteiger partial charge >= 0.3 is 0 Å². The third kappa shape index (κ3) is 3.18. The van der Waals surface area contributed by atoms with E-state index in [2.05, 4.69) is 9.98 Å². The average Bonchev–Trinajstić information content (AvgIpc) is 3.12. The summed E-state index contributed by atoms with van der Waals surface area (Å²) in [6, 6.07) is 13.2. The quantitative estimate of drug-likeness (QED) is 0.680. The molecule has 1 aromatic heterocycles. The van der Waals surface area contributed by atoms with E-state index in [9.17, 15) is 8.78 Å². The van der Waals surface area contributed by atoms with E-state index in [4.69, 9.17) is 15.2 Å². The van der Waals surface area contributed by atoms with Gasteiger partial charge in [-0.1, -0.05) is 12.1 Å². The van der Waals surface area contributed by atoms with E-state index in [1.807, 2.05) is 25.1 Å². The highest BCUT2D eigenvalue weighted by Crippen LogP contribution is 2.41. The van der Waals surface area contributed by atoms with Crippen molar-refractivity contribution >= 4 is 6.02 Å². The molecule has 148 valence electrons. The van der Waals surface area contributed by atoms with E-state index in [-0.39, 0.29) is 23.8 Å². The summed E-state index contributed by atoms with van der Waals surface area (Å²) in [4.78, 5) is 8.17. The van der Waals surface area contributed by atoms with Crippen LogP contribution in [0.4, 0.5) is 8.78 Å². The van der Waals surface area contributed by atoms with Crippen LogP contribution in [0.2, 0.25) is 0 Å². The molecule has 1 unspecified atom stereocenters. The molecule has 1 atom stereocenters. The van der Waals surface area contributed by atoms with Crippen LogP contribution in [0.5, 0.6) is 5.75 Å². The maximum Gasteiger partial charge on any atom is 0.283 e. The second kappa shape index (κ2) is 7.16. The average molecular weight is 395 g/mol. The summed E-state index contributed by atoms with van der Waals surface area (Å²) in [6.07, 6.45) is 1.32. The molecule has 1 aliphatic rings. The van der Waals surface area contributed by atoms with Crippen molar-refractivity contribution < 1.29 is 18.3 Å². The first-order valence-corrected chi connectivity index (χ1v) is 8.99. The van der Waals surface area contributed by atoms with Gasteiger partial charge in [0.05, 0.1) is 7.11 Å². The zero-order valence-corrected chi connectivity index (χ0v) is 15.9. The number of aromatic nitrogens is 1. The smallest absolute Gasteiger partial charge is 0.283 e. The minimum absolute atomic E-state index is 0.0388. The van der Waals surface area contributed by atoms with Crippen LogP contribution < -0.4 is 10.5 Å². The lowest BCUT2D eigenvalue weighted by molar-refractivity contribution is 0.278. The van der Waals surface area contributed by atoms with Crippen LogP contribution in [0.3, 0.4) is 0 Å². The number of ether oxygens (including phenoxy) is 2. The molecule has 0 spiro atoms. The Morgan fingerprint density at radius 1 is 1.07 bits per heavy atom. The number of rotatable bonds is 4. The van der Waals surface area contributed by atoms with Crippen molar-refractivity contribution in [3.05, 3.63) is 83.2 Å². The number of nitrogens with two attached hydrogens (primary N) is 1. The summed E-state index contributed by atoms with van der Waals surface area (Å²) in [5.74, 6) is -0.571. The molecule has 0 amide bonds. The lowest BCUT2D eigenvalue weighted by atomic mass is 9.82. The summed E-state index contributed by atoms with van der Waals surface area (Å²) in [5, 5.41) is 0. The van der Waals surface area contributed by atoms with E-state index in [0.717, 1.165) is 16.9 Å². The monoisotopic (exact) mass is 395 g/mol. The van der Waals surface area contributed by atoms with Crippen LogP contribution in [-0.2, 0) is 10.3 Å². The summed E-state index contributed by atoms with van der Waals surface area (Å²) >= 11 is 0. The van der Waals surface area contributed by atoms with Gasteiger partial charge in [0.15, 0.2) is 5.54 Å². The summed E-state index contributed by atoms with van der Waals surface area (Å²) in [5.41, 5.74) is 7.37. The SMILES string of the molecule is COc1ccc(C2(c3ccc(F)c(-c4cccnc4F)c3)COC(N)=N2)cc1C. The van der Waals surface area contributed by atoms with Crippen molar-refractivity contribution in [3.63, 3.8) is 0 Å². The number of aliphatic imine (C=N–C) groups is 1. The molecule has 1 aliphatic heterocycles. The fraction of sp³-hybridized carbons (Fsp3) is 0.182. The third-order valence-corrected chi connectivity index (χ3v) is 5.10. The predicted molar refractivity (Wildman–Crippen MR) is 106 cm³/mol. The van der Waals surface area contributed by atoms with Crippen LogP contribution in [0, 0.1) is 18.7 Å². The van der Waals surface area contributed by atoms with E-state index in [1.165, 1.54) is 18.3 Å². The number of aryl methyl sites for hydroxylation is 1. The van der Waals surface area contributed by atoms with Gasteiger partial charge in [-0.3, -0.25) is 0 Å². The molecule has 2 N–H and O–H groups in total. The Kier molecular flexibility index (Phi) is 4.66. The van der Waals surface area contributed by atoms with E-state index < -0.39 is 17.3 Å². The van der Waals surface area contributed by atoms with E-state index in [1.54, 1.807) is 25.3 Å². The van der Waals surface area contributed by atoms with Gasteiger partial charge < -0.3 is 15.2 Å². The molecule has 2 heterocycles. The van der Waals surface area contributed by atoms with Gasteiger partial charge in [0.1, 0.15) is 18.2 Å². The first kappa shape index (κ1) is 18.9. The molecule has 29 heavy (non-hydrogen) atoms. The highest BCUT2D eigenvalue weighted by atomic mass is 19.1. The fourth-order valence-corrected chi connectivity index (χ4v) is 3.61.